The monoisotopic (exact) mass is 206 g/mol. The number of thiophene rings is 1. The molecule has 68 valence electrons. The van der Waals surface area contributed by atoms with Crippen LogP contribution in [0.15, 0.2) is 16.8 Å². The van der Waals surface area contributed by atoms with Crippen LogP contribution in [0.2, 0.25) is 0 Å². The van der Waals surface area contributed by atoms with Gasteiger partial charge in [0, 0.05) is 0 Å². The molecule has 13 heavy (non-hydrogen) atoms. The van der Waals surface area contributed by atoms with Gasteiger partial charge in [-0.2, -0.15) is 0 Å². The zero-order valence-corrected chi connectivity index (χ0v) is 11.3. The standard InChI is InChI=1S/C10H15OS.Na/c1-2-3-6-11-7-4-10-5-8-12-9-10;/h5-6,8-9H,2-4,7H2,1H3;. The van der Waals surface area contributed by atoms with E-state index in [0.717, 1.165) is 41.0 Å². The molecule has 0 bridgehead atoms. The average molecular weight is 206 g/mol. The molecule has 0 amide bonds. The summed E-state index contributed by atoms with van der Waals surface area (Å²) in [4.78, 5) is 0. The first kappa shape index (κ1) is 11.7. The van der Waals surface area contributed by atoms with E-state index in [-0.39, 0.29) is 0 Å². The molecule has 0 N–H and O–H groups in total. The summed E-state index contributed by atoms with van der Waals surface area (Å²) >= 11 is 2.92. The first-order valence-corrected chi connectivity index (χ1v) is 7.05. The van der Waals surface area contributed by atoms with Gasteiger partial charge in [0.1, 0.15) is 0 Å². The van der Waals surface area contributed by atoms with Crippen LogP contribution in [0.5, 0.6) is 0 Å². The Morgan fingerprint density at radius 2 is 2.46 bits per heavy atom. The maximum atomic E-state index is 5.72. The third-order valence-corrected chi connectivity index (χ3v) is 3.71. The normalized spacial score (nSPS) is 13.2. The van der Waals surface area contributed by atoms with E-state index in [9.17, 15) is 0 Å². The molecular formula is C10H15NaOS. The first-order chi connectivity index (χ1) is 6.33. The summed E-state index contributed by atoms with van der Waals surface area (Å²) in [5.41, 5.74) is 1.41. The number of hydrogen-bond acceptors (Lipinski definition) is 2. The van der Waals surface area contributed by atoms with Gasteiger partial charge in [-0.3, -0.25) is 0 Å². The van der Waals surface area contributed by atoms with Crippen LogP contribution in [-0.2, 0) is 11.2 Å². The Morgan fingerprint density at radius 1 is 1.62 bits per heavy atom. The summed E-state index contributed by atoms with van der Waals surface area (Å²) in [6, 6.07) is 2.18. The van der Waals surface area contributed by atoms with Gasteiger partial charge in [0.05, 0.1) is 0 Å². The predicted molar refractivity (Wildman–Crippen MR) is 58.4 cm³/mol. The molecule has 0 saturated carbocycles. The third kappa shape index (κ3) is 5.18. The number of hydrogen-bond donors (Lipinski definition) is 0. The van der Waals surface area contributed by atoms with E-state index in [1.165, 1.54) is 18.4 Å². The van der Waals surface area contributed by atoms with Crippen molar-refractivity contribution in [1.29, 1.82) is 0 Å². The van der Waals surface area contributed by atoms with E-state index in [2.05, 4.69) is 23.8 Å². The van der Waals surface area contributed by atoms with Crippen molar-refractivity contribution in [2.45, 2.75) is 29.5 Å². The van der Waals surface area contributed by atoms with Crippen LogP contribution in [0.3, 0.4) is 0 Å². The zero-order valence-electron chi connectivity index (χ0n) is 8.45. The van der Waals surface area contributed by atoms with Gasteiger partial charge in [0.15, 0.2) is 0 Å². The quantitative estimate of drug-likeness (QED) is 0.650. The van der Waals surface area contributed by atoms with Gasteiger partial charge in [0.25, 0.3) is 0 Å². The van der Waals surface area contributed by atoms with Crippen molar-refractivity contribution in [3.05, 3.63) is 22.4 Å². The van der Waals surface area contributed by atoms with E-state index in [1.807, 2.05) is 0 Å². The fraction of sp³-hybridized carbons (Fsp3) is 0.600. The summed E-state index contributed by atoms with van der Waals surface area (Å²) in [5, 5.41) is 4.32. The topological polar surface area (TPSA) is 9.23 Å². The molecule has 0 radical (unpaired) electrons. The van der Waals surface area contributed by atoms with Gasteiger partial charge >= 0.3 is 103 Å². The van der Waals surface area contributed by atoms with Crippen molar-refractivity contribution < 1.29 is 4.74 Å². The fourth-order valence-corrected chi connectivity index (χ4v) is 2.82. The summed E-state index contributed by atoms with van der Waals surface area (Å²) in [5.74, 6) is 0. The van der Waals surface area contributed by atoms with E-state index in [4.69, 9.17) is 4.74 Å². The second kappa shape index (κ2) is 7.02. The molecule has 1 aromatic rings. The van der Waals surface area contributed by atoms with Crippen LogP contribution < -0.4 is 0 Å². The van der Waals surface area contributed by atoms with Crippen LogP contribution in [0.25, 0.3) is 0 Å². The molecule has 0 spiro atoms. The Bertz CT molecular complexity index is 211. The number of ether oxygens (including phenoxy) is 1. The van der Waals surface area contributed by atoms with Crippen molar-refractivity contribution in [3.8, 4) is 0 Å². The SMILES string of the molecule is CCC[CH]([Na])OCCc1ccsc1. The molecule has 0 aliphatic heterocycles. The zero-order chi connectivity index (χ0) is 9.52. The van der Waals surface area contributed by atoms with Crippen LogP contribution >= 0.6 is 11.3 Å². The summed E-state index contributed by atoms with van der Waals surface area (Å²) in [6.07, 6.45) is 3.55. The predicted octanol–water partition coefficient (Wildman–Crippen LogP) is 2.60. The third-order valence-electron chi connectivity index (χ3n) is 2.07. The van der Waals surface area contributed by atoms with E-state index in [0.29, 0.717) is 3.35 Å². The summed E-state index contributed by atoms with van der Waals surface area (Å²) in [7, 11) is 0. The van der Waals surface area contributed by atoms with Gasteiger partial charge in [-0.15, -0.1) is 0 Å². The molecule has 1 nitrogen and oxygen atoms in total. The minimum atomic E-state index is 0.559. The fourth-order valence-electron chi connectivity index (χ4n) is 1.30. The Morgan fingerprint density at radius 3 is 3.08 bits per heavy atom. The van der Waals surface area contributed by atoms with Gasteiger partial charge in [-0.1, -0.05) is 0 Å². The van der Waals surface area contributed by atoms with Gasteiger partial charge < -0.3 is 0 Å². The second-order valence-corrected chi connectivity index (χ2v) is 5.42. The van der Waals surface area contributed by atoms with Crippen LogP contribution in [0.1, 0.15) is 25.3 Å². The van der Waals surface area contributed by atoms with Gasteiger partial charge in [-0.25, -0.2) is 0 Å². The van der Waals surface area contributed by atoms with E-state index < -0.39 is 0 Å². The average Bonchev–Trinajstić information content (AvgIpc) is 2.57. The molecule has 0 aliphatic carbocycles. The van der Waals surface area contributed by atoms with Crippen molar-refractivity contribution in [2.24, 2.45) is 0 Å². The Kier molecular flexibility index (Phi) is 6.33. The first-order valence-electron chi connectivity index (χ1n) is 4.95. The molecule has 0 saturated heterocycles. The minimum absolute atomic E-state index is 0.559. The Labute approximate surface area is 102 Å². The van der Waals surface area contributed by atoms with Gasteiger partial charge in [-0.05, 0) is 0 Å². The van der Waals surface area contributed by atoms with E-state index >= 15 is 0 Å². The molecule has 1 rings (SSSR count). The van der Waals surface area contributed by atoms with Crippen molar-refractivity contribution in [2.75, 3.05) is 6.61 Å². The molecule has 1 atom stereocenters. The van der Waals surface area contributed by atoms with Gasteiger partial charge in [0.2, 0.25) is 0 Å². The Hall–Kier alpha value is 0.660. The molecule has 1 aromatic heterocycles. The Balaban J connectivity index is 2.07. The molecule has 3 heteroatoms. The molecule has 0 aliphatic rings. The molecule has 1 heterocycles. The molecule has 0 aromatic carbocycles. The second-order valence-electron chi connectivity index (χ2n) is 3.35. The summed E-state index contributed by atoms with van der Waals surface area (Å²) in [6.45, 7) is 3.11. The maximum absolute atomic E-state index is 5.72. The molecule has 0 fully saturated rings. The van der Waals surface area contributed by atoms with Crippen molar-refractivity contribution >= 4 is 39.3 Å². The van der Waals surface area contributed by atoms with Crippen LogP contribution in [-0.4, -0.2) is 37.9 Å². The van der Waals surface area contributed by atoms with E-state index in [1.54, 1.807) is 11.3 Å². The molecular weight excluding hydrogens is 191 g/mol. The number of rotatable bonds is 6. The molecule has 1 unspecified atom stereocenters. The van der Waals surface area contributed by atoms with Crippen LogP contribution in [0, 0.1) is 0 Å². The summed E-state index contributed by atoms with van der Waals surface area (Å²) < 4.78 is 6.28. The van der Waals surface area contributed by atoms with Crippen LogP contribution in [0.4, 0.5) is 0 Å². The van der Waals surface area contributed by atoms with Crippen molar-refractivity contribution in [3.63, 3.8) is 0 Å². The van der Waals surface area contributed by atoms with Crippen molar-refractivity contribution in [1.82, 2.24) is 0 Å².